The molecule has 9 heteroatoms. The number of benzene rings is 1. The highest BCUT2D eigenvalue weighted by Crippen LogP contribution is 2.34. The molecule has 0 aliphatic carbocycles. The molecule has 0 N–H and O–H groups in total. The Hall–Kier alpha value is -2.39. The molecule has 1 saturated heterocycles. The molecule has 1 aromatic carbocycles. The second-order valence-corrected chi connectivity index (χ2v) is 8.56. The molecular formula is C18H16N2O5S2. The lowest BCUT2D eigenvalue weighted by Crippen LogP contribution is -2.23. The Bertz CT molecular complexity index is 1010. The molecule has 7 nitrogen and oxygen atoms in total. The SMILES string of the molecule is Cc1nnc(SCc2c(C(=O)O[C@H]3C[C@H](C)OC3=O)oc3ccccc23)s1. The first-order valence-electron chi connectivity index (χ1n) is 8.36. The molecule has 4 rings (SSSR count). The number of para-hydroxylation sites is 1. The van der Waals surface area contributed by atoms with E-state index in [4.69, 9.17) is 13.9 Å². The molecule has 3 aromatic rings. The Balaban J connectivity index is 1.61. The average molecular weight is 404 g/mol. The smallest absolute Gasteiger partial charge is 0.375 e. The van der Waals surface area contributed by atoms with Crippen LogP contribution in [0.25, 0.3) is 11.0 Å². The summed E-state index contributed by atoms with van der Waals surface area (Å²) in [7, 11) is 0. The summed E-state index contributed by atoms with van der Waals surface area (Å²) < 4.78 is 17.0. The third-order valence-corrected chi connectivity index (χ3v) is 6.11. The van der Waals surface area contributed by atoms with Crippen LogP contribution in [0.2, 0.25) is 0 Å². The van der Waals surface area contributed by atoms with Crippen molar-refractivity contribution in [3.8, 4) is 0 Å². The first kappa shape index (κ1) is 18.0. The number of carbonyl (C=O) groups excluding carboxylic acids is 2. The summed E-state index contributed by atoms with van der Waals surface area (Å²) in [5.74, 6) is -0.600. The summed E-state index contributed by atoms with van der Waals surface area (Å²) in [4.78, 5) is 24.5. The van der Waals surface area contributed by atoms with E-state index in [0.717, 1.165) is 14.7 Å². The third kappa shape index (κ3) is 3.70. The van der Waals surface area contributed by atoms with E-state index < -0.39 is 18.0 Å². The van der Waals surface area contributed by atoms with E-state index in [1.54, 1.807) is 13.0 Å². The Morgan fingerprint density at radius 2 is 2.19 bits per heavy atom. The van der Waals surface area contributed by atoms with Crippen molar-refractivity contribution in [1.82, 2.24) is 10.2 Å². The van der Waals surface area contributed by atoms with Gasteiger partial charge in [0.25, 0.3) is 0 Å². The number of hydrogen-bond donors (Lipinski definition) is 0. The van der Waals surface area contributed by atoms with Gasteiger partial charge in [0.1, 0.15) is 16.7 Å². The van der Waals surface area contributed by atoms with Crippen LogP contribution in [0.3, 0.4) is 0 Å². The van der Waals surface area contributed by atoms with Crippen LogP contribution in [0.1, 0.15) is 34.5 Å². The number of furan rings is 1. The Morgan fingerprint density at radius 3 is 2.89 bits per heavy atom. The fourth-order valence-corrected chi connectivity index (χ4v) is 4.72. The molecule has 0 amide bonds. The Labute approximate surface area is 163 Å². The van der Waals surface area contributed by atoms with E-state index in [9.17, 15) is 9.59 Å². The van der Waals surface area contributed by atoms with Crippen molar-refractivity contribution >= 4 is 46.0 Å². The number of aryl methyl sites for hydroxylation is 1. The fourth-order valence-electron chi connectivity index (χ4n) is 2.88. The molecule has 2 aromatic heterocycles. The predicted molar refractivity (Wildman–Crippen MR) is 99.8 cm³/mol. The van der Waals surface area contributed by atoms with Crippen LogP contribution in [0.5, 0.6) is 0 Å². The molecular weight excluding hydrogens is 388 g/mol. The average Bonchev–Trinajstić information content (AvgIpc) is 3.30. The van der Waals surface area contributed by atoms with E-state index in [-0.39, 0.29) is 11.9 Å². The molecule has 3 heterocycles. The van der Waals surface area contributed by atoms with E-state index in [2.05, 4.69) is 10.2 Å². The van der Waals surface area contributed by atoms with Gasteiger partial charge in [-0.15, -0.1) is 10.2 Å². The number of fused-ring (bicyclic) bond motifs is 1. The highest BCUT2D eigenvalue weighted by Gasteiger charge is 2.36. The van der Waals surface area contributed by atoms with Crippen LogP contribution in [-0.2, 0) is 20.0 Å². The van der Waals surface area contributed by atoms with Crippen molar-refractivity contribution in [1.29, 1.82) is 0 Å². The zero-order chi connectivity index (χ0) is 19.0. The van der Waals surface area contributed by atoms with Gasteiger partial charge in [-0.2, -0.15) is 0 Å². The Morgan fingerprint density at radius 1 is 1.37 bits per heavy atom. The third-order valence-electron chi connectivity index (χ3n) is 4.11. The van der Waals surface area contributed by atoms with Gasteiger partial charge >= 0.3 is 11.9 Å². The molecule has 2 atom stereocenters. The van der Waals surface area contributed by atoms with Crippen LogP contribution in [-0.4, -0.2) is 34.3 Å². The Kier molecular flexibility index (Phi) is 4.88. The lowest BCUT2D eigenvalue weighted by molar-refractivity contribution is -0.147. The normalized spacial score (nSPS) is 19.4. The molecule has 27 heavy (non-hydrogen) atoms. The molecule has 1 fully saturated rings. The number of thioether (sulfide) groups is 1. The van der Waals surface area contributed by atoms with Gasteiger partial charge in [-0.3, -0.25) is 0 Å². The largest absolute Gasteiger partial charge is 0.460 e. The monoisotopic (exact) mass is 404 g/mol. The van der Waals surface area contributed by atoms with Gasteiger partial charge in [0.15, 0.2) is 4.34 Å². The quantitative estimate of drug-likeness (QED) is 0.469. The molecule has 0 bridgehead atoms. The van der Waals surface area contributed by atoms with E-state index in [1.807, 2.05) is 25.1 Å². The highest BCUT2D eigenvalue weighted by atomic mass is 32.2. The minimum absolute atomic E-state index is 0.109. The summed E-state index contributed by atoms with van der Waals surface area (Å²) in [5, 5.41) is 9.81. The zero-order valence-electron chi connectivity index (χ0n) is 14.6. The second-order valence-electron chi connectivity index (χ2n) is 6.16. The van der Waals surface area contributed by atoms with Gasteiger partial charge in [-0.1, -0.05) is 41.3 Å². The van der Waals surface area contributed by atoms with Gasteiger partial charge in [0.2, 0.25) is 11.9 Å². The fraction of sp³-hybridized carbons (Fsp3) is 0.333. The molecule has 140 valence electrons. The topological polar surface area (TPSA) is 91.5 Å². The van der Waals surface area contributed by atoms with Crippen LogP contribution in [0, 0.1) is 6.92 Å². The number of esters is 2. The number of carbonyl (C=O) groups is 2. The number of rotatable bonds is 5. The summed E-state index contributed by atoms with van der Waals surface area (Å²) in [5.41, 5.74) is 1.31. The molecule has 0 spiro atoms. The van der Waals surface area contributed by atoms with E-state index >= 15 is 0 Å². The van der Waals surface area contributed by atoms with Crippen LogP contribution >= 0.6 is 23.1 Å². The van der Waals surface area contributed by atoms with Gasteiger partial charge in [0, 0.05) is 23.1 Å². The summed E-state index contributed by atoms with van der Waals surface area (Å²) >= 11 is 2.96. The van der Waals surface area contributed by atoms with Crippen molar-refractivity contribution in [2.45, 2.75) is 42.6 Å². The molecule has 0 saturated carbocycles. The van der Waals surface area contributed by atoms with Crippen molar-refractivity contribution < 1.29 is 23.5 Å². The summed E-state index contributed by atoms with van der Waals surface area (Å²) in [6, 6.07) is 7.40. The van der Waals surface area contributed by atoms with Crippen LogP contribution in [0.4, 0.5) is 0 Å². The second kappa shape index (κ2) is 7.32. The first-order chi connectivity index (χ1) is 13.0. The summed E-state index contributed by atoms with van der Waals surface area (Å²) in [6.07, 6.45) is -0.812. The van der Waals surface area contributed by atoms with Gasteiger partial charge in [0.05, 0.1) is 0 Å². The van der Waals surface area contributed by atoms with Gasteiger partial charge in [-0.05, 0) is 19.9 Å². The van der Waals surface area contributed by atoms with Crippen LogP contribution in [0.15, 0.2) is 33.0 Å². The zero-order valence-corrected chi connectivity index (χ0v) is 16.3. The number of aromatic nitrogens is 2. The number of cyclic esters (lactones) is 1. The van der Waals surface area contributed by atoms with Gasteiger partial charge < -0.3 is 13.9 Å². The summed E-state index contributed by atoms with van der Waals surface area (Å²) in [6.45, 7) is 3.65. The van der Waals surface area contributed by atoms with E-state index in [1.165, 1.54) is 23.1 Å². The minimum Gasteiger partial charge on any atom is -0.460 e. The maximum Gasteiger partial charge on any atom is 0.375 e. The van der Waals surface area contributed by atoms with E-state index in [0.29, 0.717) is 23.3 Å². The number of nitrogens with zero attached hydrogens (tertiary/aromatic N) is 2. The minimum atomic E-state index is -0.896. The molecule has 0 radical (unpaired) electrons. The highest BCUT2D eigenvalue weighted by molar-refractivity contribution is 8.00. The lowest BCUT2D eigenvalue weighted by Gasteiger charge is -2.07. The maximum atomic E-state index is 12.7. The van der Waals surface area contributed by atoms with Crippen LogP contribution < -0.4 is 0 Å². The van der Waals surface area contributed by atoms with Crippen molar-refractivity contribution in [3.05, 3.63) is 40.6 Å². The number of hydrogen-bond acceptors (Lipinski definition) is 9. The lowest BCUT2D eigenvalue weighted by atomic mass is 10.1. The molecule has 0 unspecified atom stereocenters. The standard InChI is InChI=1S/C18H16N2O5S2/c1-9-7-14(16(21)23-9)25-17(22)15-12(8-26-18-20-19-10(2)27-18)11-5-3-4-6-13(11)24-15/h3-6,9,14H,7-8H2,1-2H3/t9-,14-/m0/s1. The van der Waals surface area contributed by atoms with Crippen molar-refractivity contribution in [2.24, 2.45) is 0 Å². The maximum absolute atomic E-state index is 12.7. The molecule has 1 aliphatic rings. The predicted octanol–water partition coefficient (Wildman–Crippen LogP) is 3.75. The van der Waals surface area contributed by atoms with Crippen molar-refractivity contribution in [3.63, 3.8) is 0 Å². The van der Waals surface area contributed by atoms with Crippen molar-refractivity contribution in [2.75, 3.05) is 0 Å². The molecule has 1 aliphatic heterocycles. The van der Waals surface area contributed by atoms with Gasteiger partial charge in [-0.25, -0.2) is 9.59 Å². The first-order valence-corrected chi connectivity index (χ1v) is 10.2. The number of ether oxygens (including phenoxy) is 2.